The highest BCUT2D eigenvalue weighted by Gasteiger charge is 2.08. The van der Waals surface area contributed by atoms with Gasteiger partial charge < -0.3 is 5.32 Å². The van der Waals surface area contributed by atoms with E-state index in [4.69, 9.17) is 0 Å². The lowest BCUT2D eigenvalue weighted by Gasteiger charge is -2.17. The normalized spacial score (nSPS) is 12.5. The molecule has 0 radical (unpaired) electrons. The molecule has 0 aliphatic rings. The maximum Gasteiger partial charge on any atom is 0.0297 e. The SMILES string of the molecule is Cc1ccccc1[C@H](C)NCc1cccc2ccccc12. The minimum atomic E-state index is 0.352. The summed E-state index contributed by atoms with van der Waals surface area (Å²) in [6, 6.07) is 24.0. The highest BCUT2D eigenvalue weighted by Crippen LogP contribution is 2.21. The predicted molar refractivity (Wildman–Crippen MR) is 90.4 cm³/mol. The number of fused-ring (bicyclic) bond motifs is 1. The summed E-state index contributed by atoms with van der Waals surface area (Å²) in [4.78, 5) is 0. The molecular weight excluding hydrogens is 254 g/mol. The zero-order valence-electron chi connectivity index (χ0n) is 12.6. The Morgan fingerprint density at radius 1 is 0.857 bits per heavy atom. The van der Waals surface area contributed by atoms with Crippen LogP contribution in [0.15, 0.2) is 66.7 Å². The van der Waals surface area contributed by atoms with Crippen molar-refractivity contribution in [3.63, 3.8) is 0 Å². The lowest BCUT2D eigenvalue weighted by Crippen LogP contribution is -2.19. The van der Waals surface area contributed by atoms with E-state index in [0.717, 1.165) is 6.54 Å². The Morgan fingerprint density at radius 3 is 2.43 bits per heavy atom. The standard InChI is InChI=1S/C20H21N/c1-15-8-3-5-12-19(15)16(2)21-14-18-11-7-10-17-9-4-6-13-20(17)18/h3-13,16,21H,14H2,1-2H3/t16-/m0/s1. The second kappa shape index (κ2) is 6.11. The van der Waals surface area contributed by atoms with Crippen LogP contribution in [0.5, 0.6) is 0 Å². The maximum absolute atomic E-state index is 3.65. The number of hydrogen-bond acceptors (Lipinski definition) is 1. The monoisotopic (exact) mass is 275 g/mol. The van der Waals surface area contributed by atoms with Crippen molar-refractivity contribution in [1.82, 2.24) is 5.32 Å². The van der Waals surface area contributed by atoms with Crippen LogP contribution in [0.25, 0.3) is 10.8 Å². The molecular formula is C20H21N. The molecule has 0 aliphatic heterocycles. The Hall–Kier alpha value is -2.12. The molecule has 0 spiro atoms. The fraction of sp³-hybridized carbons (Fsp3) is 0.200. The molecule has 0 unspecified atom stereocenters. The second-order valence-electron chi connectivity index (χ2n) is 5.60. The summed E-state index contributed by atoms with van der Waals surface area (Å²) in [7, 11) is 0. The van der Waals surface area contributed by atoms with Crippen LogP contribution in [0.4, 0.5) is 0 Å². The van der Waals surface area contributed by atoms with Crippen molar-refractivity contribution in [3.05, 3.63) is 83.4 Å². The van der Waals surface area contributed by atoms with Crippen LogP contribution < -0.4 is 5.32 Å². The van der Waals surface area contributed by atoms with E-state index >= 15 is 0 Å². The molecule has 1 nitrogen and oxygen atoms in total. The molecule has 0 bridgehead atoms. The molecule has 0 aromatic heterocycles. The molecule has 0 saturated heterocycles. The third-order valence-corrected chi connectivity index (χ3v) is 4.13. The zero-order chi connectivity index (χ0) is 14.7. The number of aryl methyl sites for hydroxylation is 1. The number of nitrogens with one attached hydrogen (secondary N) is 1. The molecule has 0 saturated carbocycles. The lowest BCUT2D eigenvalue weighted by atomic mass is 10.0. The largest absolute Gasteiger partial charge is 0.306 e. The maximum atomic E-state index is 3.65. The summed E-state index contributed by atoms with van der Waals surface area (Å²) >= 11 is 0. The van der Waals surface area contributed by atoms with Crippen molar-refractivity contribution in [1.29, 1.82) is 0 Å². The minimum Gasteiger partial charge on any atom is -0.306 e. The molecule has 3 rings (SSSR count). The van der Waals surface area contributed by atoms with Crippen molar-refractivity contribution in [2.75, 3.05) is 0 Å². The molecule has 0 amide bonds. The number of benzene rings is 3. The molecule has 1 heteroatoms. The zero-order valence-corrected chi connectivity index (χ0v) is 12.6. The van der Waals surface area contributed by atoms with Gasteiger partial charge in [0, 0.05) is 12.6 Å². The average molecular weight is 275 g/mol. The van der Waals surface area contributed by atoms with Crippen molar-refractivity contribution < 1.29 is 0 Å². The Labute approximate surface area is 126 Å². The first-order chi connectivity index (χ1) is 10.3. The molecule has 0 fully saturated rings. The number of rotatable bonds is 4. The summed E-state index contributed by atoms with van der Waals surface area (Å²) in [5.74, 6) is 0. The van der Waals surface area contributed by atoms with Crippen LogP contribution in [0.2, 0.25) is 0 Å². The summed E-state index contributed by atoms with van der Waals surface area (Å²) in [6.45, 7) is 5.29. The minimum absolute atomic E-state index is 0.352. The Kier molecular flexibility index (Phi) is 4.03. The third-order valence-electron chi connectivity index (χ3n) is 4.13. The number of hydrogen-bond donors (Lipinski definition) is 1. The van der Waals surface area contributed by atoms with Crippen molar-refractivity contribution in [2.45, 2.75) is 26.4 Å². The van der Waals surface area contributed by atoms with Gasteiger partial charge in [-0.3, -0.25) is 0 Å². The molecule has 3 aromatic carbocycles. The van der Waals surface area contributed by atoms with Crippen LogP contribution in [0.3, 0.4) is 0 Å². The van der Waals surface area contributed by atoms with Gasteiger partial charge in [0.1, 0.15) is 0 Å². The van der Waals surface area contributed by atoms with Gasteiger partial charge in [-0.15, -0.1) is 0 Å². The summed E-state index contributed by atoms with van der Waals surface area (Å²) in [6.07, 6.45) is 0. The molecule has 3 aromatic rings. The second-order valence-corrected chi connectivity index (χ2v) is 5.60. The summed E-state index contributed by atoms with van der Waals surface area (Å²) < 4.78 is 0. The van der Waals surface area contributed by atoms with Gasteiger partial charge in [0.05, 0.1) is 0 Å². The van der Waals surface area contributed by atoms with Crippen LogP contribution in [0.1, 0.15) is 29.7 Å². The van der Waals surface area contributed by atoms with Crippen LogP contribution in [-0.2, 0) is 6.54 Å². The van der Waals surface area contributed by atoms with E-state index in [9.17, 15) is 0 Å². The van der Waals surface area contributed by atoms with Crippen molar-refractivity contribution in [3.8, 4) is 0 Å². The van der Waals surface area contributed by atoms with E-state index in [0.29, 0.717) is 6.04 Å². The van der Waals surface area contributed by atoms with Gasteiger partial charge in [0.25, 0.3) is 0 Å². The quantitative estimate of drug-likeness (QED) is 0.706. The molecule has 0 heterocycles. The lowest BCUT2D eigenvalue weighted by molar-refractivity contribution is 0.574. The highest BCUT2D eigenvalue weighted by atomic mass is 14.9. The molecule has 1 atom stereocenters. The third kappa shape index (κ3) is 2.98. The van der Waals surface area contributed by atoms with Crippen molar-refractivity contribution in [2.24, 2.45) is 0 Å². The van der Waals surface area contributed by atoms with E-state index in [1.807, 2.05) is 0 Å². The summed E-state index contributed by atoms with van der Waals surface area (Å²) in [5, 5.41) is 6.29. The Morgan fingerprint density at radius 2 is 1.57 bits per heavy atom. The van der Waals surface area contributed by atoms with Crippen molar-refractivity contribution >= 4 is 10.8 Å². The first-order valence-electron chi connectivity index (χ1n) is 7.51. The van der Waals surface area contributed by atoms with E-state index < -0.39 is 0 Å². The van der Waals surface area contributed by atoms with Gasteiger partial charge >= 0.3 is 0 Å². The van der Waals surface area contributed by atoms with E-state index in [2.05, 4.69) is 85.9 Å². The average Bonchev–Trinajstić information content (AvgIpc) is 2.53. The Bertz CT molecular complexity index is 740. The molecule has 0 aliphatic carbocycles. The van der Waals surface area contributed by atoms with Gasteiger partial charge in [-0.05, 0) is 41.3 Å². The first-order valence-corrected chi connectivity index (χ1v) is 7.51. The van der Waals surface area contributed by atoms with Gasteiger partial charge in [-0.2, -0.15) is 0 Å². The first kappa shape index (κ1) is 13.8. The van der Waals surface area contributed by atoms with Gasteiger partial charge in [-0.1, -0.05) is 66.7 Å². The van der Waals surface area contributed by atoms with Crippen LogP contribution in [0, 0.1) is 6.92 Å². The van der Waals surface area contributed by atoms with Gasteiger partial charge in [-0.25, -0.2) is 0 Å². The van der Waals surface area contributed by atoms with E-state index in [1.54, 1.807) is 0 Å². The van der Waals surface area contributed by atoms with E-state index in [1.165, 1.54) is 27.5 Å². The summed E-state index contributed by atoms with van der Waals surface area (Å²) in [5.41, 5.74) is 4.07. The molecule has 21 heavy (non-hydrogen) atoms. The molecule has 1 N–H and O–H groups in total. The van der Waals surface area contributed by atoms with E-state index in [-0.39, 0.29) is 0 Å². The van der Waals surface area contributed by atoms with Crippen LogP contribution >= 0.6 is 0 Å². The molecule has 106 valence electrons. The fourth-order valence-electron chi connectivity index (χ4n) is 2.89. The predicted octanol–water partition coefficient (Wildman–Crippen LogP) is 5.00. The smallest absolute Gasteiger partial charge is 0.0297 e. The Balaban J connectivity index is 1.79. The van der Waals surface area contributed by atoms with Gasteiger partial charge in [0.2, 0.25) is 0 Å². The van der Waals surface area contributed by atoms with Gasteiger partial charge in [0.15, 0.2) is 0 Å². The highest BCUT2D eigenvalue weighted by molar-refractivity contribution is 5.85. The fourth-order valence-corrected chi connectivity index (χ4v) is 2.89. The topological polar surface area (TPSA) is 12.0 Å². The van der Waals surface area contributed by atoms with Crippen LogP contribution in [-0.4, -0.2) is 0 Å².